The van der Waals surface area contributed by atoms with E-state index in [-0.39, 0.29) is 0 Å². The van der Waals surface area contributed by atoms with Gasteiger partial charge in [0.25, 0.3) is 0 Å². The second-order valence-electron chi connectivity index (χ2n) is 4.70. The van der Waals surface area contributed by atoms with Gasteiger partial charge in [0.1, 0.15) is 11.3 Å². The van der Waals surface area contributed by atoms with Gasteiger partial charge in [0.15, 0.2) is 0 Å². The molecular formula is C17H15NO2S. The highest BCUT2D eigenvalue weighted by Crippen LogP contribution is 2.31. The van der Waals surface area contributed by atoms with E-state index in [2.05, 4.69) is 6.07 Å². The molecule has 1 N–H and O–H groups in total. The van der Waals surface area contributed by atoms with Gasteiger partial charge in [-0.1, -0.05) is 42.5 Å². The van der Waals surface area contributed by atoms with Gasteiger partial charge >= 0.3 is 5.97 Å². The quantitative estimate of drug-likeness (QED) is 0.856. The fourth-order valence-electron chi connectivity index (χ4n) is 2.05. The molecular weight excluding hydrogens is 282 g/mol. The minimum absolute atomic E-state index is 0.431. The van der Waals surface area contributed by atoms with Crippen LogP contribution >= 0.6 is 11.8 Å². The molecule has 0 aliphatic carbocycles. The molecule has 0 saturated heterocycles. The molecule has 0 spiro atoms. The van der Waals surface area contributed by atoms with Gasteiger partial charge in [-0.3, -0.25) is 4.79 Å². The van der Waals surface area contributed by atoms with Crippen LogP contribution in [0.3, 0.4) is 0 Å². The zero-order valence-electron chi connectivity index (χ0n) is 11.6. The first kappa shape index (κ1) is 15.1. The van der Waals surface area contributed by atoms with Gasteiger partial charge in [0.2, 0.25) is 0 Å². The smallest absolute Gasteiger partial charge is 0.317 e. The van der Waals surface area contributed by atoms with Crippen LogP contribution in [0.5, 0.6) is 0 Å². The number of rotatable bonds is 5. The zero-order chi connectivity index (χ0) is 15.2. The van der Waals surface area contributed by atoms with Crippen molar-refractivity contribution in [1.29, 1.82) is 5.26 Å². The Kier molecular flexibility index (Phi) is 5.02. The van der Waals surface area contributed by atoms with E-state index in [1.54, 1.807) is 6.07 Å². The number of benzene rings is 2. The van der Waals surface area contributed by atoms with Crippen molar-refractivity contribution >= 4 is 17.7 Å². The first-order valence-electron chi connectivity index (χ1n) is 6.55. The van der Waals surface area contributed by atoms with Crippen molar-refractivity contribution in [2.24, 2.45) is 0 Å². The summed E-state index contributed by atoms with van der Waals surface area (Å²) in [6.07, 6.45) is 0.431. The molecule has 3 nitrogen and oxygen atoms in total. The normalized spacial score (nSPS) is 11.6. The van der Waals surface area contributed by atoms with Crippen LogP contribution in [0.1, 0.15) is 16.7 Å². The summed E-state index contributed by atoms with van der Waals surface area (Å²) in [5.74, 6) is -0.865. The van der Waals surface area contributed by atoms with Crippen molar-refractivity contribution in [3.8, 4) is 6.07 Å². The van der Waals surface area contributed by atoms with E-state index < -0.39 is 11.2 Å². The average molecular weight is 297 g/mol. The molecule has 4 heteroatoms. The number of aryl methyl sites for hydroxylation is 1. The Bertz CT molecular complexity index is 677. The molecule has 1 unspecified atom stereocenters. The minimum Gasteiger partial charge on any atom is -0.480 e. The lowest BCUT2D eigenvalue weighted by Gasteiger charge is -2.14. The average Bonchev–Trinajstić information content (AvgIpc) is 2.49. The summed E-state index contributed by atoms with van der Waals surface area (Å²) in [6.45, 7) is 1.89. The number of hydrogen-bond acceptors (Lipinski definition) is 3. The number of thioether (sulfide) groups is 1. The standard InChI is InChI=1S/C17H15NO2S/c1-12-6-5-9-14(11-18)16(12)21-15(17(19)20)10-13-7-3-2-4-8-13/h2-9,15H,10H2,1H3,(H,19,20). The Labute approximate surface area is 128 Å². The maximum Gasteiger partial charge on any atom is 0.317 e. The lowest BCUT2D eigenvalue weighted by atomic mass is 10.1. The fraction of sp³-hybridized carbons (Fsp3) is 0.176. The maximum atomic E-state index is 11.5. The molecule has 0 aliphatic heterocycles. The van der Waals surface area contributed by atoms with Crippen molar-refractivity contribution in [1.82, 2.24) is 0 Å². The number of hydrogen-bond donors (Lipinski definition) is 1. The van der Waals surface area contributed by atoms with Crippen LogP contribution in [-0.2, 0) is 11.2 Å². The second-order valence-corrected chi connectivity index (χ2v) is 5.91. The summed E-state index contributed by atoms with van der Waals surface area (Å²) in [5, 5.41) is 18.0. The van der Waals surface area contributed by atoms with Crippen molar-refractivity contribution in [2.45, 2.75) is 23.5 Å². The molecule has 21 heavy (non-hydrogen) atoms. The first-order chi connectivity index (χ1) is 10.1. The largest absolute Gasteiger partial charge is 0.480 e. The number of aliphatic carboxylic acids is 1. The number of nitriles is 1. The van der Waals surface area contributed by atoms with E-state index in [0.717, 1.165) is 16.0 Å². The summed E-state index contributed by atoms with van der Waals surface area (Å²) >= 11 is 1.25. The van der Waals surface area contributed by atoms with Crippen LogP contribution in [0.4, 0.5) is 0 Å². The van der Waals surface area contributed by atoms with Crippen LogP contribution in [0.15, 0.2) is 53.4 Å². The molecule has 1 atom stereocenters. The Morgan fingerprint density at radius 1 is 1.24 bits per heavy atom. The Hall–Kier alpha value is -2.25. The monoisotopic (exact) mass is 297 g/mol. The summed E-state index contributed by atoms with van der Waals surface area (Å²) in [7, 11) is 0. The number of carboxylic acids is 1. The Morgan fingerprint density at radius 2 is 1.95 bits per heavy atom. The molecule has 106 valence electrons. The summed E-state index contributed by atoms with van der Waals surface area (Å²) in [4.78, 5) is 12.3. The highest BCUT2D eigenvalue weighted by Gasteiger charge is 2.21. The van der Waals surface area contributed by atoms with Crippen LogP contribution in [0.25, 0.3) is 0 Å². The van der Waals surface area contributed by atoms with Gasteiger partial charge in [-0.05, 0) is 30.5 Å². The molecule has 0 heterocycles. The lowest BCUT2D eigenvalue weighted by Crippen LogP contribution is -2.19. The van der Waals surface area contributed by atoms with Gasteiger partial charge in [-0.15, -0.1) is 11.8 Å². The lowest BCUT2D eigenvalue weighted by molar-refractivity contribution is -0.136. The molecule has 2 aromatic carbocycles. The Balaban J connectivity index is 2.26. The summed E-state index contributed by atoms with van der Waals surface area (Å²) in [5.41, 5.74) is 2.43. The van der Waals surface area contributed by atoms with Crippen molar-refractivity contribution in [2.75, 3.05) is 0 Å². The third kappa shape index (κ3) is 3.87. The molecule has 0 aliphatic rings. The minimum atomic E-state index is -0.865. The van der Waals surface area contributed by atoms with Crippen molar-refractivity contribution < 1.29 is 9.90 Å². The van der Waals surface area contributed by atoms with E-state index in [1.165, 1.54) is 11.8 Å². The summed E-state index contributed by atoms with van der Waals surface area (Å²) < 4.78 is 0. The molecule has 0 saturated carbocycles. The van der Waals surface area contributed by atoms with Crippen molar-refractivity contribution in [3.05, 3.63) is 65.2 Å². The van der Waals surface area contributed by atoms with E-state index >= 15 is 0 Å². The van der Waals surface area contributed by atoms with E-state index in [9.17, 15) is 15.2 Å². The number of carboxylic acid groups (broad SMARTS) is 1. The Morgan fingerprint density at radius 3 is 2.57 bits per heavy atom. The van der Waals surface area contributed by atoms with E-state index in [0.29, 0.717) is 12.0 Å². The third-order valence-electron chi connectivity index (χ3n) is 3.13. The van der Waals surface area contributed by atoms with Gasteiger partial charge in [0, 0.05) is 4.90 Å². The van der Waals surface area contributed by atoms with E-state index in [4.69, 9.17) is 0 Å². The van der Waals surface area contributed by atoms with E-state index in [1.807, 2.05) is 49.4 Å². The van der Waals surface area contributed by atoms with Crippen LogP contribution in [0.2, 0.25) is 0 Å². The predicted octanol–water partition coefficient (Wildman–Crippen LogP) is 3.65. The molecule has 2 aromatic rings. The van der Waals surface area contributed by atoms with Gasteiger partial charge in [0.05, 0.1) is 5.56 Å². The second kappa shape index (κ2) is 6.96. The predicted molar refractivity (Wildman–Crippen MR) is 83.3 cm³/mol. The fourth-order valence-corrected chi connectivity index (χ4v) is 3.20. The first-order valence-corrected chi connectivity index (χ1v) is 7.43. The topological polar surface area (TPSA) is 61.1 Å². The highest BCUT2D eigenvalue weighted by molar-refractivity contribution is 8.00. The SMILES string of the molecule is Cc1cccc(C#N)c1SC(Cc1ccccc1)C(=O)O. The molecule has 0 radical (unpaired) electrons. The number of carbonyl (C=O) groups is 1. The maximum absolute atomic E-state index is 11.5. The van der Waals surface area contributed by atoms with Crippen LogP contribution in [-0.4, -0.2) is 16.3 Å². The highest BCUT2D eigenvalue weighted by atomic mass is 32.2. The third-order valence-corrected chi connectivity index (χ3v) is 4.56. The van der Waals surface area contributed by atoms with Crippen LogP contribution < -0.4 is 0 Å². The van der Waals surface area contributed by atoms with Crippen molar-refractivity contribution in [3.63, 3.8) is 0 Å². The van der Waals surface area contributed by atoms with Gasteiger partial charge < -0.3 is 5.11 Å². The molecule has 0 bridgehead atoms. The zero-order valence-corrected chi connectivity index (χ0v) is 12.4. The molecule has 2 rings (SSSR count). The van der Waals surface area contributed by atoms with Gasteiger partial charge in [-0.25, -0.2) is 0 Å². The molecule has 0 aromatic heterocycles. The molecule has 0 fully saturated rings. The summed E-state index contributed by atoms with van der Waals surface area (Å²) in [6, 6.07) is 17.1. The number of nitrogens with zero attached hydrogens (tertiary/aromatic N) is 1. The van der Waals surface area contributed by atoms with Gasteiger partial charge in [-0.2, -0.15) is 5.26 Å². The molecule has 0 amide bonds. The van der Waals surface area contributed by atoms with Crippen LogP contribution in [0, 0.1) is 18.3 Å².